The number of aromatic nitrogens is 1. The minimum absolute atomic E-state index is 0.695. The minimum Gasteiger partial charge on any atom is -0.310 e. The Labute approximate surface area is 128 Å². The lowest BCUT2D eigenvalue weighted by Gasteiger charge is -2.39. The van der Waals surface area contributed by atoms with Crippen LogP contribution in [0.1, 0.15) is 37.4 Å². The fourth-order valence-corrected chi connectivity index (χ4v) is 3.03. The van der Waals surface area contributed by atoms with E-state index in [4.69, 9.17) is 0 Å². The molecule has 1 unspecified atom stereocenters. The molecule has 2 heterocycles. The van der Waals surface area contributed by atoms with E-state index in [1.54, 1.807) is 0 Å². The van der Waals surface area contributed by atoms with Crippen molar-refractivity contribution in [2.75, 3.05) is 26.7 Å². The standard InChI is InChI=1S/C17H28N4/c1-3-17-13-21(9-8-20(17)2)12-16-5-4-14(11-19-16)10-18-15-6-7-15/h4-5,11,15,17-18H,3,6-10,12-13H2,1-2H3. The summed E-state index contributed by atoms with van der Waals surface area (Å²) in [5.41, 5.74) is 2.50. The lowest BCUT2D eigenvalue weighted by atomic mass is 10.1. The third-order valence-corrected chi connectivity index (χ3v) is 4.78. The Hall–Kier alpha value is -0.970. The minimum atomic E-state index is 0.695. The molecule has 3 rings (SSSR count). The highest BCUT2D eigenvalue weighted by Crippen LogP contribution is 2.19. The Morgan fingerprint density at radius 1 is 1.29 bits per heavy atom. The molecule has 0 amide bonds. The molecular weight excluding hydrogens is 260 g/mol. The van der Waals surface area contributed by atoms with E-state index in [1.165, 1.54) is 43.6 Å². The highest BCUT2D eigenvalue weighted by molar-refractivity contribution is 5.14. The molecule has 1 saturated carbocycles. The third kappa shape index (κ3) is 4.25. The van der Waals surface area contributed by atoms with Gasteiger partial charge >= 0.3 is 0 Å². The highest BCUT2D eigenvalue weighted by Gasteiger charge is 2.23. The van der Waals surface area contributed by atoms with Crippen LogP contribution in [0.2, 0.25) is 0 Å². The lowest BCUT2D eigenvalue weighted by molar-refractivity contribution is 0.0875. The summed E-state index contributed by atoms with van der Waals surface area (Å²) in [4.78, 5) is 9.67. The predicted molar refractivity (Wildman–Crippen MR) is 86.1 cm³/mol. The van der Waals surface area contributed by atoms with Crippen LogP contribution in [0.3, 0.4) is 0 Å². The summed E-state index contributed by atoms with van der Waals surface area (Å²) in [6.45, 7) is 7.72. The maximum Gasteiger partial charge on any atom is 0.0544 e. The molecule has 1 aromatic rings. The Morgan fingerprint density at radius 3 is 2.81 bits per heavy atom. The van der Waals surface area contributed by atoms with Crippen molar-refractivity contribution in [3.8, 4) is 0 Å². The number of piperazine rings is 1. The van der Waals surface area contributed by atoms with E-state index in [0.29, 0.717) is 6.04 Å². The first kappa shape index (κ1) is 14.9. The number of rotatable bonds is 6. The van der Waals surface area contributed by atoms with Crippen LogP contribution in [0.15, 0.2) is 18.3 Å². The molecule has 4 nitrogen and oxygen atoms in total. The van der Waals surface area contributed by atoms with Gasteiger partial charge < -0.3 is 10.2 Å². The summed E-state index contributed by atoms with van der Waals surface area (Å²) < 4.78 is 0. The van der Waals surface area contributed by atoms with Crippen molar-refractivity contribution in [3.05, 3.63) is 29.6 Å². The summed E-state index contributed by atoms with van der Waals surface area (Å²) in [6.07, 6.45) is 5.95. The molecule has 1 aliphatic carbocycles. The number of hydrogen-bond donors (Lipinski definition) is 1. The monoisotopic (exact) mass is 288 g/mol. The van der Waals surface area contributed by atoms with Gasteiger partial charge in [-0.3, -0.25) is 9.88 Å². The molecule has 1 atom stereocenters. The van der Waals surface area contributed by atoms with Crippen LogP contribution in [-0.2, 0) is 13.1 Å². The van der Waals surface area contributed by atoms with Gasteiger partial charge in [0.25, 0.3) is 0 Å². The summed E-state index contributed by atoms with van der Waals surface area (Å²) >= 11 is 0. The largest absolute Gasteiger partial charge is 0.310 e. The van der Waals surface area contributed by atoms with E-state index in [1.807, 2.05) is 6.20 Å². The Bertz CT molecular complexity index is 441. The second-order valence-corrected chi connectivity index (χ2v) is 6.59. The lowest BCUT2D eigenvalue weighted by Crippen LogP contribution is -2.50. The smallest absolute Gasteiger partial charge is 0.0544 e. The van der Waals surface area contributed by atoms with Gasteiger partial charge in [0.05, 0.1) is 5.69 Å². The molecule has 4 heteroatoms. The number of nitrogens with one attached hydrogen (secondary N) is 1. The Balaban J connectivity index is 1.50. The van der Waals surface area contributed by atoms with E-state index < -0.39 is 0 Å². The maximum absolute atomic E-state index is 4.65. The zero-order valence-electron chi connectivity index (χ0n) is 13.4. The maximum atomic E-state index is 4.65. The fraction of sp³-hybridized carbons (Fsp3) is 0.706. The quantitative estimate of drug-likeness (QED) is 0.866. The molecule has 1 N–H and O–H groups in total. The van der Waals surface area contributed by atoms with E-state index in [-0.39, 0.29) is 0 Å². The van der Waals surface area contributed by atoms with Crippen LogP contribution >= 0.6 is 0 Å². The average Bonchev–Trinajstić information content (AvgIpc) is 3.33. The second-order valence-electron chi connectivity index (χ2n) is 6.59. The van der Waals surface area contributed by atoms with Crippen molar-refractivity contribution < 1.29 is 0 Å². The van der Waals surface area contributed by atoms with Crippen LogP contribution in [-0.4, -0.2) is 53.5 Å². The summed E-state index contributed by atoms with van der Waals surface area (Å²) in [5.74, 6) is 0. The van der Waals surface area contributed by atoms with Gasteiger partial charge in [-0.15, -0.1) is 0 Å². The molecule has 0 spiro atoms. The summed E-state index contributed by atoms with van der Waals surface area (Å²) in [6, 6.07) is 5.88. The van der Waals surface area contributed by atoms with Crippen molar-refractivity contribution in [2.24, 2.45) is 0 Å². The van der Waals surface area contributed by atoms with Crippen LogP contribution in [0.25, 0.3) is 0 Å². The van der Waals surface area contributed by atoms with E-state index >= 15 is 0 Å². The van der Waals surface area contributed by atoms with Gasteiger partial charge in [0.2, 0.25) is 0 Å². The molecule has 0 radical (unpaired) electrons. The normalized spacial score (nSPS) is 24.4. The molecule has 1 aliphatic heterocycles. The van der Waals surface area contributed by atoms with Crippen molar-refractivity contribution in [2.45, 2.75) is 51.4 Å². The molecule has 1 aromatic heterocycles. The van der Waals surface area contributed by atoms with Crippen LogP contribution in [0.4, 0.5) is 0 Å². The highest BCUT2D eigenvalue weighted by atomic mass is 15.3. The van der Waals surface area contributed by atoms with E-state index in [0.717, 1.165) is 25.7 Å². The summed E-state index contributed by atoms with van der Waals surface area (Å²) in [5, 5.41) is 3.54. The Morgan fingerprint density at radius 2 is 2.14 bits per heavy atom. The van der Waals surface area contributed by atoms with Crippen molar-refractivity contribution in [1.29, 1.82) is 0 Å². The van der Waals surface area contributed by atoms with Crippen LogP contribution in [0.5, 0.6) is 0 Å². The van der Waals surface area contributed by atoms with Crippen LogP contribution < -0.4 is 5.32 Å². The second kappa shape index (κ2) is 6.86. The van der Waals surface area contributed by atoms with Crippen molar-refractivity contribution in [3.63, 3.8) is 0 Å². The number of hydrogen-bond acceptors (Lipinski definition) is 4. The number of pyridine rings is 1. The molecule has 0 bridgehead atoms. The molecule has 2 fully saturated rings. The first-order chi connectivity index (χ1) is 10.2. The van der Waals surface area contributed by atoms with Gasteiger partial charge in [0, 0.05) is 51.0 Å². The zero-order chi connectivity index (χ0) is 14.7. The average molecular weight is 288 g/mol. The Kier molecular flexibility index (Phi) is 4.88. The first-order valence-corrected chi connectivity index (χ1v) is 8.34. The van der Waals surface area contributed by atoms with Gasteiger partial charge in [-0.05, 0) is 37.9 Å². The number of likely N-dealkylation sites (N-methyl/N-ethyl adjacent to an activating group) is 1. The van der Waals surface area contributed by atoms with E-state index in [9.17, 15) is 0 Å². The summed E-state index contributed by atoms with van der Waals surface area (Å²) in [7, 11) is 2.24. The van der Waals surface area contributed by atoms with Gasteiger partial charge in [-0.2, -0.15) is 0 Å². The molecule has 116 valence electrons. The number of nitrogens with zero attached hydrogens (tertiary/aromatic N) is 3. The first-order valence-electron chi connectivity index (χ1n) is 8.34. The van der Waals surface area contributed by atoms with Crippen LogP contribution in [0, 0.1) is 0 Å². The van der Waals surface area contributed by atoms with Crippen molar-refractivity contribution in [1.82, 2.24) is 20.1 Å². The van der Waals surface area contributed by atoms with Gasteiger partial charge in [-0.25, -0.2) is 0 Å². The zero-order valence-corrected chi connectivity index (χ0v) is 13.4. The molecular formula is C17H28N4. The third-order valence-electron chi connectivity index (χ3n) is 4.78. The predicted octanol–water partition coefficient (Wildman–Crippen LogP) is 1.86. The SMILES string of the molecule is CCC1CN(Cc2ccc(CNC3CC3)cn2)CCN1C. The molecule has 1 saturated heterocycles. The molecule has 2 aliphatic rings. The van der Waals surface area contributed by atoms with E-state index in [2.05, 4.69) is 46.2 Å². The molecule has 0 aromatic carbocycles. The van der Waals surface area contributed by atoms with Gasteiger partial charge in [0.15, 0.2) is 0 Å². The molecule has 21 heavy (non-hydrogen) atoms. The fourth-order valence-electron chi connectivity index (χ4n) is 3.03. The topological polar surface area (TPSA) is 31.4 Å². The van der Waals surface area contributed by atoms with Crippen molar-refractivity contribution >= 4 is 0 Å². The van der Waals surface area contributed by atoms with Gasteiger partial charge in [0.1, 0.15) is 0 Å². The van der Waals surface area contributed by atoms with Gasteiger partial charge in [-0.1, -0.05) is 13.0 Å².